The lowest BCUT2D eigenvalue weighted by molar-refractivity contribution is -0.119. The van der Waals surface area contributed by atoms with E-state index in [-0.39, 0.29) is 5.91 Å². The number of anilines is 1. The first-order chi connectivity index (χ1) is 7.60. The van der Waals surface area contributed by atoms with Gasteiger partial charge in [0.15, 0.2) is 0 Å². The second kappa shape index (κ2) is 2.85. The molecule has 0 saturated carbocycles. The first-order valence-corrected chi connectivity index (χ1v) is 5.44. The predicted octanol–water partition coefficient (Wildman–Crippen LogP) is 3.07. The van der Waals surface area contributed by atoms with Gasteiger partial charge in [-0.15, -0.1) is 0 Å². The zero-order valence-corrected chi connectivity index (χ0v) is 9.37. The van der Waals surface area contributed by atoms with E-state index >= 15 is 0 Å². The van der Waals surface area contributed by atoms with Crippen LogP contribution in [0.3, 0.4) is 0 Å². The molecule has 2 aromatic carbocycles. The first kappa shape index (κ1) is 9.40. The topological polar surface area (TPSA) is 29.1 Å². The van der Waals surface area contributed by atoms with Gasteiger partial charge in [-0.25, -0.2) is 0 Å². The van der Waals surface area contributed by atoms with Gasteiger partial charge >= 0.3 is 0 Å². The van der Waals surface area contributed by atoms with Gasteiger partial charge in [-0.05, 0) is 24.8 Å². The van der Waals surface area contributed by atoms with Crippen LogP contribution in [0.15, 0.2) is 36.4 Å². The molecule has 2 heteroatoms. The van der Waals surface area contributed by atoms with Crippen LogP contribution in [0.4, 0.5) is 5.69 Å². The van der Waals surface area contributed by atoms with Crippen LogP contribution < -0.4 is 5.32 Å². The molecule has 0 bridgehead atoms. The highest BCUT2D eigenvalue weighted by Gasteiger charge is 2.38. The third-order valence-corrected chi connectivity index (χ3v) is 3.41. The Kier molecular flexibility index (Phi) is 1.67. The molecule has 0 radical (unpaired) electrons. The van der Waals surface area contributed by atoms with Crippen molar-refractivity contribution < 1.29 is 4.79 Å². The van der Waals surface area contributed by atoms with Gasteiger partial charge in [0.2, 0.25) is 5.91 Å². The first-order valence-electron chi connectivity index (χ1n) is 5.44. The second-order valence-corrected chi connectivity index (χ2v) is 4.79. The van der Waals surface area contributed by atoms with E-state index in [1.165, 1.54) is 5.39 Å². The number of hydrogen-bond donors (Lipinski definition) is 1. The van der Waals surface area contributed by atoms with E-state index in [4.69, 9.17) is 0 Å². The Balaban J connectivity index is 2.40. The quantitative estimate of drug-likeness (QED) is 0.713. The maximum Gasteiger partial charge on any atom is 0.234 e. The molecular formula is C14H13NO. The molecule has 0 aliphatic carbocycles. The predicted molar refractivity (Wildman–Crippen MR) is 65.6 cm³/mol. The van der Waals surface area contributed by atoms with Crippen molar-refractivity contribution >= 4 is 22.4 Å². The summed E-state index contributed by atoms with van der Waals surface area (Å²) in [5.41, 5.74) is 1.66. The molecule has 0 aromatic heterocycles. The molecule has 2 nitrogen and oxygen atoms in total. The van der Waals surface area contributed by atoms with Gasteiger partial charge in [0, 0.05) is 5.39 Å². The van der Waals surface area contributed by atoms with Gasteiger partial charge in [-0.1, -0.05) is 36.4 Å². The molecule has 0 unspecified atom stereocenters. The van der Waals surface area contributed by atoms with Gasteiger partial charge in [0.25, 0.3) is 0 Å². The minimum Gasteiger partial charge on any atom is -0.324 e. The van der Waals surface area contributed by atoms with Crippen LogP contribution in [-0.4, -0.2) is 5.91 Å². The maximum absolute atomic E-state index is 11.9. The lowest BCUT2D eigenvalue weighted by Crippen LogP contribution is -2.26. The summed E-state index contributed by atoms with van der Waals surface area (Å²) in [6.45, 7) is 3.92. The number of amides is 1. The Morgan fingerprint density at radius 3 is 2.62 bits per heavy atom. The van der Waals surface area contributed by atoms with Crippen LogP contribution in [0.2, 0.25) is 0 Å². The van der Waals surface area contributed by atoms with Crippen molar-refractivity contribution in [1.82, 2.24) is 0 Å². The van der Waals surface area contributed by atoms with Crippen LogP contribution in [0.1, 0.15) is 19.4 Å². The molecule has 1 aliphatic rings. The van der Waals surface area contributed by atoms with Gasteiger partial charge < -0.3 is 5.32 Å². The van der Waals surface area contributed by atoms with E-state index in [1.807, 2.05) is 26.0 Å². The standard InChI is InChI=1S/C14H13NO/c1-14(2)11-8-7-9-5-3-4-6-10(9)12(11)15-13(14)16/h3-8H,1-2H3,(H,15,16). The lowest BCUT2D eigenvalue weighted by atomic mass is 9.85. The average molecular weight is 211 g/mol. The Morgan fingerprint density at radius 1 is 1.06 bits per heavy atom. The van der Waals surface area contributed by atoms with Gasteiger partial charge in [-0.3, -0.25) is 4.79 Å². The van der Waals surface area contributed by atoms with E-state index in [2.05, 4.69) is 29.6 Å². The van der Waals surface area contributed by atoms with Gasteiger partial charge in [0.05, 0.1) is 11.1 Å². The molecule has 1 amide bonds. The van der Waals surface area contributed by atoms with E-state index < -0.39 is 5.41 Å². The number of nitrogens with one attached hydrogen (secondary N) is 1. The summed E-state index contributed by atoms with van der Waals surface area (Å²) < 4.78 is 0. The largest absolute Gasteiger partial charge is 0.324 e. The van der Waals surface area contributed by atoms with Crippen molar-refractivity contribution in [2.45, 2.75) is 19.3 Å². The molecule has 1 heterocycles. The van der Waals surface area contributed by atoms with E-state index in [0.29, 0.717) is 0 Å². The summed E-state index contributed by atoms with van der Waals surface area (Å²) in [5, 5.41) is 5.28. The number of fused-ring (bicyclic) bond motifs is 3. The number of benzene rings is 2. The van der Waals surface area contributed by atoms with Gasteiger partial charge in [-0.2, -0.15) is 0 Å². The molecule has 0 saturated heterocycles. The second-order valence-electron chi connectivity index (χ2n) is 4.79. The van der Waals surface area contributed by atoms with Gasteiger partial charge in [0.1, 0.15) is 0 Å². The Labute approximate surface area is 94.3 Å². The molecule has 3 rings (SSSR count). The fourth-order valence-corrected chi connectivity index (χ4v) is 2.32. The van der Waals surface area contributed by atoms with Crippen LogP contribution >= 0.6 is 0 Å². The third kappa shape index (κ3) is 1.04. The summed E-state index contributed by atoms with van der Waals surface area (Å²) in [7, 11) is 0. The van der Waals surface area contributed by atoms with Crippen molar-refractivity contribution in [3.05, 3.63) is 42.0 Å². The molecule has 0 spiro atoms. The molecular weight excluding hydrogens is 198 g/mol. The summed E-state index contributed by atoms with van der Waals surface area (Å²) >= 11 is 0. The smallest absolute Gasteiger partial charge is 0.234 e. The highest BCUT2D eigenvalue weighted by molar-refractivity contribution is 6.13. The van der Waals surface area contributed by atoms with Crippen molar-refractivity contribution in [3.8, 4) is 0 Å². The molecule has 80 valence electrons. The fourth-order valence-electron chi connectivity index (χ4n) is 2.32. The number of carbonyl (C=O) groups is 1. The summed E-state index contributed by atoms with van der Waals surface area (Å²) in [4.78, 5) is 11.9. The fraction of sp³-hybridized carbons (Fsp3) is 0.214. The molecule has 1 N–H and O–H groups in total. The van der Waals surface area contributed by atoms with Crippen molar-refractivity contribution in [3.63, 3.8) is 0 Å². The highest BCUT2D eigenvalue weighted by atomic mass is 16.2. The van der Waals surface area contributed by atoms with Crippen LogP contribution in [0.25, 0.3) is 10.8 Å². The Hall–Kier alpha value is -1.83. The highest BCUT2D eigenvalue weighted by Crippen LogP contribution is 2.41. The monoisotopic (exact) mass is 211 g/mol. The number of hydrogen-bond acceptors (Lipinski definition) is 1. The number of carbonyl (C=O) groups excluding carboxylic acids is 1. The average Bonchev–Trinajstić information content (AvgIpc) is 2.51. The Morgan fingerprint density at radius 2 is 1.81 bits per heavy atom. The lowest BCUT2D eigenvalue weighted by Gasteiger charge is -2.14. The minimum atomic E-state index is -0.417. The summed E-state index contributed by atoms with van der Waals surface area (Å²) in [6.07, 6.45) is 0. The number of rotatable bonds is 0. The van der Waals surface area contributed by atoms with Crippen LogP contribution in [0.5, 0.6) is 0 Å². The normalized spacial score (nSPS) is 17.2. The molecule has 1 aliphatic heterocycles. The van der Waals surface area contributed by atoms with E-state index in [9.17, 15) is 4.79 Å². The zero-order chi connectivity index (χ0) is 11.3. The van der Waals surface area contributed by atoms with Crippen LogP contribution in [0, 0.1) is 0 Å². The molecule has 16 heavy (non-hydrogen) atoms. The van der Waals surface area contributed by atoms with E-state index in [1.54, 1.807) is 0 Å². The third-order valence-electron chi connectivity index (χ3n) is 3.41. The van der Waals surface area contributed by atoms with Crippen LogP contribution in [-0.2, 0) is 10.2 Å². The molecule has 2 aromatic rings. The van der Waals surface area contributed by atoms with Crippen molar-refractivity contribution in [1.29, 1.82) is 0 Å². The SMILES string of the molecule is CC1(C)C(=O)Nc2c1ccc1ccccc21. The molecule has 0 fully saturated rings. The van der Waals surface area contributed by atoms with Crippen molar-refractivity contribution in [2.75, 3.05) is 5.32 Å². The van der Waals surface area contributed by atoms with E-state index in [0.717, 1.165) is 16.6 Å². The Bertz CT molecular complexity index is 599. The zero-order valence-electron chi connectivity index (χ0n) is 9.37. The summed E-state index contributed by atoms with van der Waals surface area (Å²) in [5.74, 6) is 0.0823. The minimum absolute atomic E-state index is 0.0823. The van der Waals surface area contributed by atoms with Crippen molar-refractivity contribution in [2.24, 2.45) is 0 Å². The summed E-state index contributed by atoms with van der Waals surface area (Å²) in [6, 6.07) is 12.3. The molecule has 0 atom stereocenters. The maximum atomic E-state index is 11.9.